The van der Waals surface area contributed by atoms with E-state index in [1.54, 1.807) is 0 Å². The van der Waals surface area contributed by atoms with E-state index >= 15 is 0 Å². The number of hydrogen-bond acceptors (Lipinski definition) is 1. The normalized spacial score (nSPS) is 14.8. The zero-order valence-corrected chi connectivity index (χ0v) is 9.62. The first kappa shape index (κ1) is 14.1. The van der Waals surface area contributed by atoms with Crippen LogP contribution in [0, 0.1) is 0 Å². The zero-order valence-electron chi connectivity index (χ0n) is 9.62. The average Bonchev–Trinajstić information content (AvgIpc) is 2.17. The molecule has 1 nitrogen and oxygen atoms in total. The molecular weight excluding hydrogens is 146 g/mol. The minimum Gasteiger partial charge on any atom is -0.389 e. The zero-order chi connectivity index (χ0) is 9.98. The van der Waals surface area contributed by atoms with E-state index < -0.39 is 0 Å². The number of nitrogens with one attached hydrogen (secondary N) is 1. The van der Waals surface area contributed by atoms with Gasteiger partial charge in [0.1, 0.15) is 0 Å². The van der Waals surface area contributed by atoms with Crippen LogP contribution < -0.4 is 5.32 Å². The van der Waals surface area contributed by atoms with Crippen molar-refractivity contribution in [3.05, 3.63) is 11.3 Å². The lowest BCUT2D eigenvalue weighted by molar-refractivity contribution is 0.661. The lowest BCUT2D eigenvalue weighted by Gasteiger charge is -2.15. The second kappa shape index (κ2) is 10.5. The van der Waals surface area contributed by atoms with E-state index in [2.05, 4.69) is 19.2 Å². The van der Waals surface area contributed by atoms with Gasteiger partial charge >= 0.3 is 0 Å². The lowest BCUT2D eigenvalue weighted by atomic mass is 10.1. The van der Waals surface area contributed by atoms with Crippen molar-refractivity contribution in [2.75, 3.05) is 6.54 Å². The van der Waals surface area contributed by atoms with Gasteiger partial charge in [0.15, 0.2) is 0 Å². The van der Waals surface area contributed by atoms with Crippen LogP contribution in [-0.2, 0) is 0 Å². The molecule has 1 aliphatic rings. The Morgan fingerprint density at radius 2 is 1.50 bits per heavy atom. The van der Waals surface area contributed by atoms with Gasteiger partial charge in [-0.1, -0.05) is 33.3 Å². The van der Waals surface area contributed by atoms with Gasteiger partial charge in [0, 0.05) is 12.2 Å². The largest absolute Gasteiger partial charge is 0.389 e. The van der Waals surface area contributed by atoms with Gasteiger partial charge in [0.05, 0.1) is 0 Å². The molecule has 0 aromatic rings. The third kappa shape index (κ3) is 6.26. The topological polar surface area (TPSA) is 12.0 Å². The van der Waals surface area contributed by atoms with E-state index in [9.17, 15) is 0 Å². The summed E-state index contributed by atoms with van der Waals surface area (Å²) in [7, 11) is 0. The van der Waals surface area contributed by atoms with Gasteiger partial charge < -0.3 is 5.32 Å². The summed E-state index contributed by atoms with van der Waals surface area (Å²) in [5, 5.41) is 3.31. The highest BCUT2D eigenvalue weighted by Crippen LogP contribution is 2.11. The molecule has 0 radical (unpaired) electrons. The van der Waals surface area contributed by atoms with E-state index in [1.807, 2.05) is 27.7 Å². The van der Waals surface area contributed by atoms with Crippen molar-refractivity contribution in [1.29, 1.82) is 0 Å². The number of allylic oxidation sites excluding steroid dienone is 2. The molecule has 1 aliphatic heterocycles. The highest BCUT2D eigenvalue weighted by atomic mass is 14.9. The van der Waals surface area contributed by atoms with Gasteiger partial charge in [-0.05, 0) is 26.7 Å². The third-order valence-electron chi connectivity index (χ3n) is 1.76. The molecule has 0 aromatic carbocycles. The summed E-state index contributed by atoms with van der Waals surface area (Å²) in [4.78, 5) is 0. The summed E-state index contributed by atoms with van der Waals surface area (Å²) in [6.07, 6.45) is 2.60. The fourth-order valence-corrected chi connectivity index (χ4v) is 0.968. The van der Waals surface area contributed by atoms with E-state index in [4.69, 9.17) is 0 Å². The molecule has 1 rings (SSSR count). The predicted octanol–water partition coefficient (Wildman–Crippen LogP) is 3.72. The van der Waals surface area contributed by atoms with Crippen molar-refractivity contribution in [2.45, 2.75) is 54.4 Å². The Labute approximate surface area is 78.3 Å². The highest BCUT2D eigenvalue weighted by molar-refractivity contribution is 5.10. The highest BCUT2D eigenvalue weighted by Gasteiger charge is 2.01. The summed E-state index contributed by atoms with van der Waals surface area (Å²) in [5.41, 5.74) is 2.91. The van der Waals surface area contributed by atoms with Crippen LogP contribution in [0.1, 0.15) is 54.4 Å². The van der Waals surface area contributed by atoms with E-state index in [-0.39, 0.29) is 0 Å². The quantitative estimate of drug-likeness (QED) is 0.586. The number of rotatable bonds is 0. The summed E-state index contributed by atoms with van der Waals surface area (Å²) < 4.78 is 0. The monoisotopic (exact) mass is 171 g/mol. The molecule has 0 amide bonds. The molecule has 1 heteroatoms. The fourth-order valence-electron chi connectivity index (χ4n) is 0.968. The summed E-state index contributed by atoms with van der Waals surface area (Å²) in [5.74, 6) is 0. The van der Waals surface area contributed by atoms with Crippen molar-refractivity contribution in [1.82, 2.24) is 5.32 Å². The molecular formula is C11H25N. The van der Waals surface area contributed by atoms with Crippen LogP contribution in [0.2, 0.25) is 0 Å². The Hall–Kier alpha value is -0.460. The van der Waals surface area contributed by atoms with Crippen LogP contribution in [0.5, 0.6) is 0 Å². The summed E-state index contributed by atoms with van der Waals surface area (Å²) >= 11 is 0. The third-order valence-corrected chi connectivity index (χ3v) is 1.76. The van der Waals surface area contributed by atoms with E-state index in [1.165, 1.54) is 30.7 Å². The van der Waals surface area contributed by atoms with Gasteiger partial charge in [-0.3, -0.25) is 0 Å². The minimum atomic E-state index is 1.17. The molecule has 1 heterocycles. The maximum Gasteiger partial charge on any atom is 0.0146 e. The Morgan fingerprint density at radius 1 is 1.00 bits per heavy atom. The smallest absolute Gasteiger partial charge is 0.0146 e. The minimum absolute atomic E-state index is 1.17. The van der Waals surface area contributed by atoms with Crippen LogP contribution in [0.15, 0.2) is 11.3 Å². The molecule has 0 aliphatic carbocycles. The van der Waals surface area contributed by atoms with Gasteiger partial charge in [-0.25, -0.2) is 0 Å². The average molecular weight is 171 g/mol. The van der Waals surface area contributed by atoms with Crippen molar-refractivity contribution < 1.29 is 0 Å². The van der Waals surface area contributed by atoms with Crippen molar-refractivity contribution in [3.8, 4) is 0 Å². The summed E-state index contributed by atoms with van der Waals surface area (Å²) in [6.45, 7) is 13.5. The van der Waals surface area contributed by atoms with Crippen molar-refractivity contribution in [3.63, 3.8) is 0 Å². The van der Waals surface area contributed by atoms with Crippen LogP contribution >= 0.6 is 0 Å². The van der Waals surface area contributed by atoms with Gasteiger partial charge in [0.25, 0.3) is 0 Å². The molecule has 0 bridgehead atoms. The fraction of sp³-hybridized carbons (Fsp3) is 0.818. The van der Waals surface area contributed by atoms with Crippen LogP contribution in [-0.4, -0.2) is 6.54 Å². The molecule has 0 saturated carbocycles. The Morgan fingerprint density at radius 3 is 1.75 bits per heavy atom. The van der Waals surface area contributed by atoms with Gasteiger partial charge in [-0.2, -0.15) is 0 Å². The first-order valence-corrected chi connectivity index (χ1v) is 5.21. The van der Waals surface area contributed by atoms with Crippen molar-refractivity contribution >= 4 is 0 Å². The molecule has 0 atom stereocenters. The maximum atomic E-state index is 3.31. The molecule has 0 saturated heterocycles. The SMILES string of the molecule is CC.CC.CC1=C(C)NCCC1. The molecule has 0 aromatic heterocycles. The maximum absolute atomic E-state index is 3.31. The molecule has 0 fully saturated rings. The summed E-state index contributed by atoms with van der Waals surface area (Å²) in [6, 6.07) is 0. The lowest BCUT2D eigenvalue weighted by Crippen LogP contribution is -2.18. The molecule has 0 spiro atoms. The molecule has 12 heavy (non-hydrogen) atoms. The first-order valence-electron chi connectivity index (χ1n) is 5.21. The standard InChI is InChI=1S/C7H13N.2C2H6/c1-6-4-3-5-8-7(6)2;2*1-2/h8H,3-5H2,1-2H3;2*1-2H3. The van der Waals surface area contributed by atoms with E-state index in [0.717, 1.165) is 0 Å². The molecule has 1 N–H and O–H groups in total. The molecule has 74 valence electrons. The van der Waals surface area contributed by atoms with Crippen LogP contribution in [0.3, 0.4) is 0 Å². The first-order chi connectivity index (χ1) is 5.80. The Kier molecular flexibility index (Phi) is 12.4. The second-order valence-electron chi connectivity index (χ2n) is 2.44. The van der Waals surface area contributed by atoms with Crippen LogP contribution in [0.4, 0.5) is 0 Å². The predicted molar refractivity (Wildman–Crippen MR) is 58.3 cm³/mol. The van der Waals surface area contributed by atoms with E-state index in [0.29, 0.717) is 0 Å². The Balaban J connectivity index is 0. The van der Waals surface area contributed by atoms with Crippen LogP contribution in [0.25, 0.3) is 0 Å². The second-order valence-corrected chi connectivity index (χ2v) is 2.44. The Bertz CT molecular complexity index is 100. The van der Waals surface area contributed by atoms with Crippen molar-refractivity contribution in [2.24, 2.45) is 0 Å². The molecule has 0 unspecified atom stereocenters. The van der Waals surface area contributed by atoms with Gasteiger partial charge in [-0.15, -0.1) is 0 Å². The number of hydrogen-bond donors (Lipinski definition) is 1. The van der Waals surface area contributed by atoms with Gasteiger partial charge in [0.2, 0.25) is 0 Å².